The molecule has 3 heterocycles. The minimum atomic E-state index is 0. The van der Waals surface area contributed by atoms with E-state index in [-0.39, 0.29) is 22.3 Å². The van der Waals surface area contributed by atoms with Gasteiger partial charge in [0.1, 0.15) is 0 Å². The zero-order valence-corrected chi connectivity index (χ0v) is 13.2. The van der Waals surface area contributed by atoms with Gasteiger partial charge in [0, 0.05) is 18.6 Å². The van der Waals surface area contributed by atoms with Crippen LogP contribution in [0.15, 0.2) is 0 Å². The molecular weight excluding hydrogens is 258 g/mol. The first-order valence-corrected chi connectivity index (χ1v) is 7.52. The number of nitrogens with zero attached hydrogens (tertiary/aromatic N) is 3. The highest BCUT2D eigenvalue weighted by atomic mass is 15.2. The molecule has 0 aromatic heterocycles. The molecule has 0 radical (unpaired) electrons. The number of likely N-dealkylation sites (N-methyl/N-ethyl adjacent to an activating group) is 1. The minimum Gasteiger partial charge on any atom is -0.306 e. The fourth-order valence-corrected chi connectivity index (χ4v) is 1.96. The highest BCUT2D eigenvalue weighted by molar-refractivity contribution is 4.79. The third-order valence-corrected chi connectivity index (χ3v) is 3.81. The first kappa shape index (κ1) is 25.8. The minimum absolute atomic E-state index is 0. The first-order valence-electron chi connectivity index (χ1n) is 7.52. The summed E-state index contributed by atoms with van der Waals surface area (Å²) in [7, 11) is 4.25. The van der Waals surface area contributed by atoms with Crippen LogP contribution in [0, 0.1) is 0 Å². The van der Waals surface area contributed by atoms with Gasteiger partial charge in [0.2, 0.25) is 0 Å². The zero-order chi connectivity index (χ0) is 13.6. The van der Waals surface area contributed by atoms with Crippen LogP contribution in [0.1, 0.15) is 62.3 Å². The molecule has 132 valence electrons. The standard InChI is InChI=1S/C8H17N.C4H9N.C3H7N.3CH4/c1-8(2,3)9-6-4-5-7-9;1-5-3-2-4-5;1-4-2-3-4;;;/h4-7H2,1-3H3;2-4H2,1H3;2-3H2,1H3;3*1H4. The molecule has 0 N–H and O–H groups in total. The van der Waals surface area contributed by atoms with Crippen LogP contribution in [0.25, 0.3) is 0 Å². The maximum Gasteiger partial charge on any atom is 0.0125 e. The summed E-state index contributed by atoms with van der Waals surface area (Å²) in [6, 6.07) is 0. The van der Waals surface area contributed by atoms with Gasteiger partial charge >= 0.3 is 0 Å². The molecule has 0 aromatic carbocycles. The van der Waals surface area contributed by atoms with E-state index in [1.165, 1.54) is 58.5 Å². The lowest BCUT2D eigenvalue weighted by atomic mass is 10.1. The van der Waals surface area contributed by atoms with Crippen LogP contribution in [0.4, 0.5) is 0 Å². The third-order valence-electron chi connectivity index (χ3n) is 3.81. The lowest BCUT2D eigenvalue weighted by Gasteiger charge is -2.31. The molecule has 3 saturated heterocycles. The van der Waals surface area contributed by atoms with E-state index in [1.807, 2.05) is 0 Å². The second-order valence-electron chi connectivity index (χ2n) is 6.83. The molecule has 0 aromatic rings. The van der Waals surface area contributed by atoms with Crippen LogP contribution in [0.2, 0.25) is 0 Å². The second-order valence-corrected chi connectivity index (χ2v) is 6.83. The van der Waals surface area contributed by atoms with Crippen LogP contribution >= 0.6 is 0 Å². The highest BCUT2D eigenvalue weighted by Gasteiger charge is 2.23. The van der Waals surface area contributed by atoms with Crippen LogP contribution in [0.5, 0.6) is 0 Å². The topological polar surface area (TPSA) is 9.49 Å². The molecule has 0 aliphatic carbocycles. The molecule has 0 atom stereocenters. The fourth-order valence-electron chi connectivity index (χ4n) is 1.96. The molecule has 3 aliphatic rings. The Hall–Kier alpha value is -0.120. The molecule has 0 saturated carbocycles. The van der Waals surface area contributed by atoms with Gasteiger partial charge in [0.25, 0.3) is 0 Å². The maximum absolute atomic E-state index is 2.55. The van der Waals surface area contributed by atoms with E-state index in [4.69, 9.17) is 0 Å². The van der Waals surface area contributed by atoms with Crippen molar-refractivity contribution in [3.05, 3.63) is 0 Å². The van der Waals surface area contributed by atoms with E-state index in [0.29, 0.717) is 5.54 Å². The molecular formula is C18H45N3. The summed E-state index contributed by atoms with van der Waals surface area (Å²) in [6.07, 6.45) is 4.21. The van der Waals surface area contributed by atoms with Crippen LogP contribution in [0.3, 0.4) is 0 Å². The van der Waals surface area contributed by atoms with E-state index in [0.717, 1.165) is 0 Å². The lowest BCUT2D eigenvalue weighted by Crippen LogP contribution is -2.38. The van der Waals surface area contributed by atoms with Gasteiger partial charge in [-0.2, -0.15) is 0 Å². The van der Waals surface area contributed by atoms with Gasteiger partial charge in [-0.1, -0.05) is 22.3 Å². The predicted molar refractivity (Wildman–Crippen MR) is 100 cm³/mol. The van der Waals surface area contributed by atoms with E-state index in [1.54, 1.807) is 0 Å². The summed E-state index contributed by atoms with van der Waals surface area (Å²) in [5.74, 6) is 0. The maximum atomic E-state index is 2.55. The molecule has 0 amide bonds. The smallest absolute Gasteiger partial charge is 0.0125 e. The molecule has 3 fully saturated rings. The van der Waals surface area contributed by atoms with Crippen molar-refractivity contribution in [3.63, 3.8) is 0 Å². The molecule has 0 spiro atoms. The van der Waals surface area contributed by atoms with E-state index < -0.39 is 0 Å². The summed E-state index contributed by atoms with van der Waals surface area (Å²) < 4.78 is 0. The van der Waals surface area contributed by atoms with Crippen molar-refractivity contribution in [1.82, 2.24) is 14.7 Å². The van der Waals surface area contributed by atoms with Crippen molar-refractivity contribution in [1.29, 1.82) is 0 Å². The Labute approximate surface area is 136 Å². The van der Waals surface area contributed by atoms with E-state index in [9.17, 15) is 0 Å². The van der Waals surface area contributed by atoms with Crippen molar-refractivity contribution < 1.29 is 0 Å². The fraction of sp³-hybridized carbons (Fsp3) is 1.00. The van der Waals surface area contributed by atoms with Crippen LogP contribution in [-0.2, 0) is 0 Å². The van der Waals surface area contributed by atoms with Gasteiger partial charge in [-0.25, -0.2) is 0 Å². The Morgan fingerprint density at radius 2 is 0.857 bits per heavy atom. The summed E-state index contributed by atoms with van der Waals surface area (Å²) >= 11 is 0. The molecule has 0 unspecified atom stereocenters. The van der Waals surface area contributed by atoms with Gasteiger partial charge in [0.15, 0.2) is 0 Å². The Morgan fingerprint density at radius 3 is 0.952 bits per heavy atom. The normalized spacial score (nSPS) is 21.0. The average Bonchev–Trinajstić information content (AvgIpc) is 2.86. The Balaban J connectivity index is -0.000000234. The summed E-state index contributed by atoms with van der Waals surface area (Å²) in [4.78, 5) is 7.10. The SMILES string of the molecule is C.C.C.CC(C)(C)N1CCCC1.CN1CC1.CN1CCC1. The number of hydrogen-bond acceptors (Lipinski definition) is 3. The van der Waals surface area contributed by atoms with Crippen molar-refractivity contribution in [3.8, 4) is 0 Å². The molecule has 3 heteroatoms. The molecule has 3 nitrogen and oxygen atoms in total. The van der Waals surface area contributed by atoms with Crippen molar-refractivity contribution in [2.45, 2.75) is 67.9 Å². The van der Waals surface area contributed by atoms with E-state index in [2.05, 4.69) is 49.6 Å². The number of likely N-dealkylation sites (tertiary alicyclic amines) is 2. The highest BCUT2D eigenvalue weighted by Crippen LogP contribution is 2.19. The Bertz CT molecular complexity index is 209. The number of hydrogen-bond donors (Lipinski definition) is 0. The van der Waals surface area contributed by atoms with Crippen LogP contribution < -0.4 is 0 Å². The summed E-state index contributed by atoms with van der Waals surface area (Å²) in [6.45, 7) is 14.8. The van der Waals surface area contributed by atoms with E-state index >= 15 is 0 Å². The Morgan fingerprint density at radius 1 is 0.571 bits per heavy atom. The molecule has 3 aliphatic heterocycles. The van der Waals surface area contributed by atoms with Gasteiger partial charge in [-0.05, 0) is 80.3 Å². The molecule has 3 rings (SSSR count). The van der Waals surface area contributed by atoms with Gasteiger partial charge in [-0.15, -0.1) is 0 Å². The largest absolute Gasteiger partial charge is 0.306 e. The van der Waals surface area contributed by atoms with Crippen LogP contribution in [-0.4, -0.2) is 73.6 Å². The van der Waals surface area contributed by atoms with Gasteiger partial charge in [0.05, 0.1) is 0 Å². The monoisotopic (exact) mass is 303 g/mol. The quantitative estimate of drug-likeness (QED) is 0.625. The molecule has 21 heavy (non-hydrogen) atoms. The Kier molecular flexibility index (Phi) is 15.3. The first-order chi connectivity index (χ1) is 8.39. The van der Waals surface area contributed by atoms with Gasteiger partial charge in [-0.3, -0.25) is 4.90 Å². The lowest BCUT2D eigenvalue weighted by molar-refractivity contribution is 0.175. The summed E-state index contributed by atoms with van der Waals surface area (Å²) in [5.41, 5.74) is 0.413. The van der Waals surface area contributed by atoms with Crippen molar-refractivity contribution >= 4 is 0 Å². The second kappa shape index (κ2) is 12.4. The molecule has 0 bridgehead atoms. The van der Waals surface area contributed by atoms with Crippen molar-refractivity contribution in [2.75, 3.05) is 53.4 Å². The summed E-state index contributed by atoms with van der Waals surface area (Å²) in [5, 5.41) is 0. The number of rotatable bonds is 0. The zero-order valence-electron chi connectivity index (χ0n) is 13.2. The predicted octanol–water partition coefficient (Wildman–Crippen LogP) is 4.04. The van der Waals surface area contributed by atoms with Crippen molar-refractivity contribution in [2.24, 2.45) is 0 Å². The third kappa shape index (κ3) is 13.3. The average molecular weight is 304 g/mol. The van der Waals surface area contributed by atoms with Gasteiger partial charge < -0.3 is 9.80 Å².